The van der Waals surface area contributed by atoms with Gasteiger partial charge in [-0.15, -0.1) is 11.3 Å². The average Bonchev–Trinajstić information content (AvgIpc) is 2.96. The van der Waals surface area contributed by atoms with Crippen molar-refractivity contribution in [3.63, 3.8) is 0 Å². The van der Waals surface area contributed by atoms with E-state index in [0.717, 1.165) is 28.9 Å². The molecule has 130 valence electrons. The number of aliphatic imine (C=N–C) groups is 1. The largest absolute Gasteiger partial charge is 0.504 e. The zero-order valence-corrected chi connectivity index (χ0v) is 15.6. The number of benzene rings is 1. The topological polar surface area (TPSA) is 57.1 Å². The van der Waals surface area contributed by atoms with Crippen LogP contribution in [0.1, 0.15) is 17.4 Å². The van der Waals surface area contributed by atoms with Gasteiger partial charge in [-0.1, -0.05) is 17.7 Å². The maximum Gasteiger partial charge on any atom is 0.194 e. The number of guanidine groups is 1. The number of aromatic hydroxyl groups is 1. The predicted octanol–water partition coefficient (Wildman–Crippen LogP) is 3.71. The van der Waals surface area contributed by atoms with Crippen molar-refractivity contribution in [3.05, 3.63) is 45.1 Å². The number of nitrogens with one attached hydrogen (secondary N) is 1. The van der Waals surface area contributed by atoms with Crippen molar-refractivity contribution in [2.45, 2.75) is 20.0 Å². The third kappa shape index (κ3) is 5.04. The van der Waals surface area contributed by atoms with Crippen LogP contribution in [-0.2, 0) is 13.1 Å². The van der Waals surface area contributed by atoms with E-state index >= 15 is 0 Å². The van der Waals surface area contributed by atoms with E-state index in [1.165, 1.54) is 12.0 Å². The summed E-state index contributed by atoms with van der Waals surface area (Å²) in [5.74, 6) is 1.38. The first kappa shape index (κ1) is 18.4. The van der Waals surface area contributed by atoms with Gasteiger partial charge < -0.3 is 20.1 Å². The predicted molar refractivity (Wildman–Crippen MR) is 100 cm³/mol. The van der Waals surface area contributed by atoms with Crippen LogP contribution >= 0.6 is 22.9 Å². The Labute approximate surface area is 151 Å². The number of rotatable bonds is 6. The van der Waals surface area contributed by atoms with Gasteiger partial charge in [0.2, 0.25) is 0 Å². The Kier molecular flexibility index (Phi) is 6.75. The van der Waals surface area contributed by atoms with Gasteiger partial charge in [0, 0.05) is 18.5 Å². The highest BCUT2D eigenvalue weighted by molar-refractivity contribution is 7.16. The number of phenols is 1. The summed E-state index contributed by atoms with van der Waals surface area (Å²) in [6.45, 7) is 4.01. The summed E-state index contributed by atoms with van der Waals surface area (Å²) in [7, 11) is 3.52. The summed E-state index contributed by atoms with van der Waals surface area (Å²) >= 11 is 7.55. The molecule has 0 radical (unpaired) electrons. The van der Waals surface area contributed by atoms with Crippen LogP contribution in [0.4, 0.5) is 0 Å². The van der Waals surface area contributed by atoms with E-state index in [9.17, 15) is 5.11 Å². The van der Waals surface area contributed by atoms with Crippen LogP contribution in [0, 0.1) is 0 Å². The SMILES string of the molecule is CCNC(=NCc1ccc(OC)c(O)c1)N(C)Cc1ccc(Cl)s1. The molecule has 0 spiro atoms. The molecule has 2 rings (SSSR count). The lowest BCUT2D eigenvalue weighted by Crippen LogP contribution is -2.38. The van der Waals surface area contributed by atoms with Crippen LogP contribution in [0.2, 0.25) is 4.34 Å². The smallest absolute Gasteiger partial charge is 0.194 e. The first-order valence-corrected chi connectivity index (χ1v) is 8.82. The van der Waals surface area contributed by atoms with E-state index < -0.39 is 0 Å². The Bertz CT molecular complexity index is 703. The number of halogens is 1. The highest BCUT2D eigenvalue weighted by Gasteiger charge is 2.09. The first-order chi connectivity index (χ1) is 11.5. The lowest BCUT2D eigenvalue weighted by atomic mass is 10.2. The van der Waals surface area contributed by atoms with Crippen LogP contribution in [0.5, 0.6) is 11.5 Å². The van der Waals surface area contributed by atoms with Crippen molar-refractivity contribution in [3.8, 4) is 11.5 Å². The molecule has 2 N–H and O–H groups in total. The minimum Gasteiger partial charge on any atom is -0.504 e. The Morgan fingerprint density at radius 2 is 2.17 bits per heavy atom. The lowest BCUT2D eigenvalue weighted by molar-refractivity contribution is 0.373. The third-order valence-corrected chi connectivity index (χ3v) is 4.59. The highest BCUT2D eigenvalue weighted by atomic mass is 35.5. The molecule has 0 fully saturated rings. The quantitative estimate of drug-likeness (QED) is 0.603. The maximum atomic E-state index is 9.86. The minimum absolute atomic E-state index is 0.122. The van der Waals surface area contributed by atoms with E-state index in [1.807, 2.05) is 32.2 Å². The molecule has 7 heteroatoms. The molecule has 5 nitrogen and oxygen atoms in total. The fourth-order valence-corrected chi connectivity index (χ4v) is 3.36. The van der Waals surface area contributed by atoms with Gasteiger partial charge in [-0.2, -0.15) is 0 Å². The van der Waals surface area contributed by atoms with Crippen LogP contribution in [-0.4, -0.2) is 36.7 Å². The number of phenolic OH excluding ortho intramolecular Hbond substituents is 1. The van der Waals surface area contributed by atoms with Gasteiger partial charge in [0.05, 0.1) is 24.5 Å². The molecule has 0 aliphatic carbocycles. The molecule has 24 heavy (non-hydrogen) atoms. The van der Waals surface area contributed by atoms with Crippen molar-refractivity contribution in [2.24, 2.45) is 4.99 Å². The summed E-state index contributed by atoms with van der Waals surface area (Å²) in [5.41, 5.74) is 0.913. The van der Waals surface area contributed by atoms with Crippen molar-refractivity contribution < 1.29 is 9.84 Å². The van der Waals surface area contributed by atoms with Crippen molar-refractivity contribution in [1.82, 2.24) is 10.2 Å². The highest BCUT2D eigenvalue weighted by Crippen LogP contribution is 2.26. The Morgan fingerprint density at radius 3 is 2.75 bits per heavy atom. The molecule has 0 saturated heterocycles. The van der Waals surface area contributed by atoms with Crippen LogP contribution in [0.3, 0.4) is 0 Å². The average molecular weight is 368 g/mol. The molecule has 2 aromatic rings. The molecule has 0 unspecified atom stereocenters. The lowest BCUT2D eigenvalue weighted by Gasteiger charge is -2.21. The molecule has 0 atom stereocenters. The Morgan fingerprint density at radius 1 is 1.38 bits per heavy atom. The minimum atomic E-state index is 0.122. The maximum absolute atomic E-state index is 9.86. The number of hydrogen-bond donors (Lipinski definition) is 2. The standard InChI is InChI=1S/C17H22ClN3O2S/c1-4-19-17(21(2)11-13-6-8-16(18)24-13)20-10-12-5-7-15(23-3)14(22)9-12/h5-9,22H,4,10-11H2,1-3H3,(H,19,20). The second kappa shape index (κ2) is 8.80. The first-order valence-electron chi connectivity index (χ1n) is 7.63. The van der Waals surface area contributed by atoms with E-state index in [2.05, 4.69) is 15.2 Å². The van der Waals surface area contributed by atoms with E-state index in [0.29, 0.717) is 12.3 Å². The van der Waals surface area contributed by atoms with Gasteiger partial charge in [0.25, 0.3) is 0 Å². The van der Waals surface area contributed by atoms with Crippen LogP contribution in [0.25, 0.3) is 0 Å². The number of hydrogen-bond acceptors (Lipinski definition) is 4. The molecule has 0 saturated carbocycles. The monoisotopic (exact) mass is 367 g/mol. The molecule has 1 heterocycles. The van der Waals surface area contributed by atoms with Crippen molar-refractivity contribution in [2.75, 3.05) is 20.7 Å². The molecule has 1 aromatic heterocycles. The molecule has 0 aliphatic rings. The molecular weight excluding hydrogens is 346 g/mol. The summed E-state index contributed by atoms with van der Waals surface area (Å²) in [4.78, 5) is 7.86. The fraction of sp³-hybridized carbons (Fsp3) is 0.353. The normalized spacial score (nSPS) is 11.4. The molecule has 0 bridgehead atoms. The van der Waals surface area contributed by atoms with Gasteiger partial charge in [0.1, 0.15) is 0 Å². The zero-order valence-electron chi connectivity index (χ0n) is 14.0. The molecule has 0 amide bonds. The number of thiophene rings is 1. The van der Waals surface area contributed by atoms with Gasteiger partial charge >= 0.3 is 0 Å². The molecule has 1 aromatic carbocycles. The van der Waals surface area contributed by atoms with E-state index in [4.69, 9.17) is 16.3 Å². The fourth-order valence-electron chi connectivity index (χ4n) is 2.22. The van der Waals surface area contributed by atoms with Crippen LogP contribution in [0.15, 0.2) is 35.3 Å². The molecule has 0 aliphatic heterocycles. The van der Waals surface area contributed by atoms with E-state index in [-0.39, 0.29) is 5.75 Å². The van der Waals surface area contributed by atoms with Gasteiger partial charge in [-0.3, -0.25) is 0 Å². The van der Waals surface area contributed by atoms with E-state index in [1.54, 1.807) is 23.5 Å². The Hall–Kier alpha value is -1.92. The zero-order chi connectivity index (χ0) is 17.5. The second-order valence-corrected chi connectivity index (χ2v) is 7.04. The number of nitrogens with zero attached hydrogens (tertiary/aromatic N) is 2. The Balaban J connectivity index is 2.07. The third-order valence-electron chi connectivity index (χ3n) is 3.37. The van der Waals surface area contributed by atoms with Crippen LogP contribution < -0.4 is 10.1 Å². The van der Waals surface area contributed by atoms with Gasteiger partial charge in [-0.25, -0.2) is 4.99 Å². The van der Waals surface area contributed by atoms with Gasteiger partial charge in [-0.05, 0) is 36.8 Å². The molecular formula is C17H22ClN3O2S. The van der Waals surface area contributed by atoms with Gasteiger partial charge in [0.15, 0.2) is 17.5 Å². The van der Waals surface area contributed by atoms with Crippen molar-refractivity contribution >= 4 is 28.9 Å². The summed E-state index contributed by atoms with van der Waals surface area (Å²) < 4.78 is 5.84. The summed E-state index contributed by atoms with van der Waals surface area (Å²) in [6.07, 6.45) is 0. The number of methoxy groups -OCH3 is 1. The van der Waals surface area contributed by atoms with Crippen molar-refractivity contribution in [1.29, 1.82) is 0 Å². The number of ether oxygens (including phenoxy) is 1. The second-order valence-electron chi connectivity index (χ2n) is 5.24. The summed E-state index contributed by atoms with van der Waals surface area (Å²) in [5, 5.41) is 13.1. The summed E-state index contributed by atoms with van der Waals surface area (Å²) in [6, 6.07) is 9.23.